The quantitative estimate of drug-likeness (QED) is 0.827. The van der Waals surface area contributed by atoms with Gasteiger partial charge in [0, 0.05) is 23.4 Å². The zero-order valence-electron chi connectivity index (χ0n) is 9.31. The van der Waals surface area contributed by atoms with Crippen molar-refractivity contribution in [3.05, 3.63) is 36.1 Å². The average molecular weight is 247 g/mol. The summed E-state index contributed by atoms with van der Waals surface area (Å²) in [7, 11) is 0. The first-order valence-electron chi connectivity index (χ1n) is 5.68. The molecule has 1 aliphatic heterocycles. The van der Waals surface area contributed by atoms with Crippen molar-refractivity contribution in [3.8, 4) is 0 Å². The highest BCUT2D eigenvalue weighted by atomic mass is 32.2. The molecular formula is C13H13NO2S. The predicted molar refractivity (Wildman–Crippen MR) is 69.7 cm³/mol. The van der Waals surface area contributed by atoms with Gasteiger partial charge in [-0.1, -0.05) is 18.2 Å². The summed E-state index contributed by atoms with van der Waals surface area (Å²) in [5.74, 6) is 2.43. The summed E-state index contributed by atoms with van der Waals surface area (Å²) in [4.78, 5) is 12.2. The lowest BCUT2D eigenvalue weighted by Gasteiger charge is -2.20. The summed E-state index contributed by atoms with van der Waals surface area (Å²) in [6.07, 6.45) is 0. The van der Waals surface area contributed by atoms with Crippen molar-refractivity contribution in [1.29, 1.82) is 0 Å². The lowest BCUT2D eigenvalue weighted by molar-refractivity contribution is 0.0927. The molecule has 1 atom stereocenters. The van der Waals surface area contributed by atoms with E-state index in [0.29, 0.717) is 5.76 Å². The number of nitrogens with one attached hydrogen (secondary N) is 1. The van der Waals surface area contributed by atoms with Crippen LogP contribution in [0.4, 0.5) is 0 Å². The maximum atomic E-state index is 12.2. The largest absolute Gasteiger partial charge is 0.453 e. The Balaban J connectivity index is 1.89. The van der Waals surface area contributed by atoms with E-state index in [0.717, 1.165) is 29.0 Å². The van der Waals surface area contributed by atoms with Crippen LogP contribution in [0.25, 0.3) is 11.0 Å². The topological polar surface area (TPSA) is 42.2 Å². The molecule has 2 aromatic rings. The summed E-state index contributed by atoms with van der Waals surface area (Å²) in [6.45, 7) is 0.890. The van der Waals surface area contributed by atoms with Gasteiger partial charge in [-0.25, -0.2) is 0 Å². The third kappa shape index (κ3) is 2.10. The Morgan fingerprint density at radius 1 is 1.41 bits per heavy atom. The Hall–Kier alpha value is -1.26. The first kappa shape index (κ1) is 10.9. The Morgan fingerprint density at radius 2 is 2.29 bits per heavy atom. The third-order valence-corrected chi connectivity index (χ3v) is 3.97. The molecule has 0 saturated carbocycles. The van der Waals surface area contributed by atoms with E-state index in [1.807, 2.05) is 42.1 Å². The van der Waals surface area contributed by atoms with Gasteiger partial charge in [0.1, 0.15) is 5.58 Å². The number of benzene rings is 1. The number of carbonyl (C=O) groups is 1. The number of fused-ring (bicyclic) bond motifs is 1. The molecule has 1 aliphatic rings. The van der Waals surface area contributed by atoms with E-state index in [1.54, 1.807) is 0 Å². The van der Waals surface area contributed by atoms with Gasteiger partial charge in [-0.05, 0) is 12.1 Å². The van der Waals surface area contributed by atoms with Crippen molar-refractivity contribution < 1.29 is 9.21 Å². The molecule has 1 N–H and O–H groups in total. The lowest BCUT2D eigenvalue weighted by atomic mass is 10.1. The molecule has 0 radical (unpaired) electrons. The molecule has 0 amide bonds. The molecule has 4 heteroatoms. The molecular weight excluding hydrogens is 234 g/mol. The minimum atomic E-state index is -0.102. The predicted octanol–water partition coefficient (Wildman–Crippen LogP) is 2.32. The van der Waals surface area contributed by atoms with Gasteiger partial charge in [-0.15, -0.1) is 0 Å². The Labute approximate surface area is 104 Å². The minimum Gasteiger partial charge on any atom is -0.453 e. The van der Waals surface area contributed by atoms with Crippen molar-refractivity contribution in [2.45, 2.75) is 6.04 Å². The molecule has 0 aliphatic carbocycles. The first-order chi connectivity index (χ1) is 8.34. The highest BCUT2D eigenvalue weighted by Crippen LogP contribution is 2.21. The zero-order valence-corrected chi connectivity index (χ0v) is 10.1. The van der Waals surface area contributed by atoms with Gasteiger partial charge in [0.05, 0.1) is 6.04 Å². The number of para-hydroxylation sites is 1. The molecule has 1 fully saturated rings. The number of rotatable bonds is 2. The van der Waals surface area contributed by atoms with Crippen LogP contribution in [0.5, 0.6) is 0 Å². The van der Waals surface area contributed by atoms with Crippen molar-refractivity contribution in [1.82, 2.24) is 5.32 Å². The van der Waals surface area contributed by atoms with E-state index < -0.39 is 0 Å². The summed E-state index contributed by atoms with van der Waals surface area (Å²) in [6, 6.07) is 9.43. The maximum absolute atomic E-state index is 12.2. The van der Waals surface area contributed by atoms with Crippen molar-refractivity contribution in [2.75, 3.05) is 18.1 Å². The molecule has 17 heavy (non-hydrogen) atoms. The second-order valence-corrected chi connectivity index (χ2v) is 5.24. The van der Waals surface area contributed by atoms with E-state index >= 15 is 0 Å². The van der Waals surface area contributed by atoms with Gasteiger partial charge < -0.3 is 9.73 Å². The third-order valence-electron chi connectivity index (χ3n) is 2.91. The van der Waals surface area contributed by atoms with Gasteiger partial charge in [-0.3, -0.25) is 4.79 Å². The summed E-state index contributed by atoms with van der Waals surface area (Å²) in [5.41, 5.74) is 0.777. The normalized spacial score (nSPS) is 20.6. The van der Waals surface area contributed by atoms with Crippen molar-refractivity contribution in [2.24, 2.45) is 0 Å². The smallest absolute Gasteiger partial charge is 0.215 e. The lowest BCUT2D eigenvalue weighted by Crippen LogP contribution is -2.43. The summed E-state index contributed by atoms with van der Waals surface area (Å²) >= 11 is 1.81. The van der Waals surface area contributed by atoms with E-state index in [-0.39, 0.29) is 11.8 Å². The molecule has 1 aromatic carbocycles. The van der Waals surface area contributed by atoms with Gasteiger partial charge in [-0.2, -0.15) is 11.8 Å². The zero-order chi connectivity index (χ0) is 11.7. The Morgan fingerprint density at radius 3 is 3.06 bits per heavy atom. The van der Waals surface area contributed by atoms with Crippen LogP contribution in [0.15, 0.2) is 34.7 Å². The fourth-order valence-electron chi connectivity index (χ4n) is 2.01. The fourth-order valence-corrected chi connectivity index (χ4v) is 2.94. The number of carbonyl (C=O) groups excluding carboxylic acids is 1. The van der Waals surface area contributed by atoms with E-state index in [2.05, 4.69) is 5.32 Å². The molecule has 3 rings (SSSR count). The molecule has 1 saturated heterocycles. The van der Waals surface area contributed by atoms with Crippen LogP contribution >= 0.6 is 11.8 Å². The van der Waals surface area contributed by atoms with Crippen LogP contribution in [0.1, 0.15) is 10.6 Å². The molecule has 2 heterocycles. The van der Waals surface area contributed by atoms with Gasteiger partial charge in [0.25, 0.3) is 0 Å². The highest BCUT2D eigenvalue weighted by Gasteiger charge is 2.24. The number of hydrogen-bond acceptors (Lipinski definition) is 4. The SMILES string of the molecule is O=C(c1cc2ccccc2o1)C1CSCCN1. The van der Waals surface area contributed by atoms with Crippen molar-refractivity contribution >= 4 is 28.5 Å². The van der Waals surface area contributed by atoms with Gasteiger partial charge in [0.2, 0.25) is 5.78 Å². The summed E-state index contributed by atoms with van der Waals surface area (Å²) in [5, 5.41) is 4.22. The fraction of sp³-hybridized carbons (Fsp3) is 0.308. The minimum absolute atomic E-state index is 0.0633. The second kappa shape index (κ2) is 4.55. The van der Waals surface area contributed by atoms with Crippen LogP contribution in [-0.4, -0.2) is 29.9 Å². The Bertz CT molecular complexity index is 510. The highest BCUT2D eigenvalue weighted by molar-refractivity contribution is 7.99. The van der Waals surface area contributed by atoms with E-state index in [1.165, 1.54) is 0 Å². The van der Waals surface area contributed by atoms with Crippen LogP contribution < -0.4 is 5.32 Å². The molecule has 0 bridgehead atoms. The number of ketones is 1. The molecule has 88 valence electrons. The monoisotopic (exact) mass is 247 g/mol. The standard InChI is InChI=1S/C13H13NO2S/c15-13(10-8-17-6-5-14-10)12-7-9-3-1-2-4-11(9)16-12/h1-4,7,10,14H,5-6,8H2. The van der Waals surface area contributed by atoms with Gasteiger partial charge >= 0.3 is 0 Å². The van der Waals surface area contributed by atoms with E-state index in [9.17, 15) is 4.79 Å². The first-order valence-corrected chi connectivity index (χ1v) is 6.84. The number of thioether (sulfide) groups is 1. The summed E-state index contributed by atoms with van der Waals surface area (Å²) < 4.78 is 5.58. The van der Waals surface area contributed by atoms with Crippen LogP contribution in [-0.2, 0) is 0 Å². The second-order valence-electron chi connectivity index (χ2n) is 4.09. The van der Waals surface area contributed by atoms with Gasteiger partial charge in [0.15, 0.2) is 5.76 Å². The maximum Gasteiger partial charge on any atom is 0.215 e. The number of furan rings is 1. The molecule has 1 aromatic heterocycles. The molecule has 0 spiro atoms. The Kier molecular flexibility index (Phi) is 2.91. The number of Topliss-reactive ketones (excluding diaryl/α,β-unsaturated/α-hetero) is 1. The number of hydrogen-bond donors (Lipinski definition) is 1. The molecule has 3 nitrogen and oxygen atoms in total. The van der Waals surface area contributed by atoms with Crippen LogP contribution in [0, 0.1) is 0 Å². The van der Waals surface area contributed by atoms with Crippen LogP contribution in [0.2, 0.25) is 0 Å². The van der Waals surface area contributed by atoms with Crippen LogP contribution in [0.3, 0.4) is 0 Å². The molecule has 1 unspecified atom stereocenters. The average Bonchev–Trinajstić information content (AvgIpc) is 2.82. The van der Waals surface area contributed by atoms with Crippen molar-refractivity contribution in [3.63, 3.8) is 0 Å². The van der Waals surface area contributed by atoms with E-state index in [4.69, 9.17) is 4.42 Å².